The molecule has 0 saturated heterocycles. The molecule has 3 N–H and O–H groups in total. The molecule has 1 aromatic carbocycles. The highest BCUT2D eigenvalue weighted by Gasteiger charge is 2.23. The third-order valence-electron chi connectivity index (χ3n) is 5.64. The predicted octanol–water partition coefficient (Wildman–Crippen LogP) is 5.00. The highest BCUT2D eigenvalue weighted by molar-refractivity contribution is 7.59. The third kappa shape index (κ3) is 3.52. The van der Waals surface area contributed by atoms with Crippen LogP contribution in [0.1, 0.15) is 49.2 Å². The number of H-pyrrole nitrogens is 1. The van der Waals surface area contributed by atoms with Crippen LogP contribution >= 0.6 is 13.5 Å². The Morgan fingerprint density at radius 3 is 2.80 bits per heavy atom. The average molecular weight is 422 g/mol. The van der Waals surface area contributed by atoms with E-state index in [1.165, 1.54) is 11.1 Å². The Morgan fingerprint density at radius 1 is 1.17 bits per heavy atom. The van der Waals surface area contributed by atoms with Crippen LogP contribution in [0.15, 0.2) is 42.7 Å². The number of fused-ring (bicyclic) bond motifs is 2. The number of nitrogens with zero attached hydrogens (tertiary/aromatic N) is 4. The Hall–Kier alpha value is -3.00. The molecule has 0 bridgehead atoms. The first kappa shape index (κ1) is 20.3. The van der Waals surface area contributed by atoms with E-state index in [-0.39, 0.29) is 19.5 Å². The fourth-order valence-electron chi connectivity index (χ4n) is 4.17. The first-order valence-corrected chi connectivity index (χ1v) is 10.1. The number of aromatic amines is 1. The molecule has 8 heteroatoms. The predicted molar refractivity (Wildman–Crippen MR) is 126 cm³/mol. The Labute approximate surface area is 182 Å². The van der Waals surface area contributed by atoms with Gasteiger partial charge in [0, 0.05) is 12.2 Å². The van der Waals surface area contributed by atoms with Gasteiger partial charge in [-0.15, -0.1) is 0 Å². The van der Waals surface area contributed by atoms with Crippen molar-refractivity contribution >= 4 is 42.0 Å². The van der Waals surface area contributed by atoms with Gasteiger partial charge in [0.25, 0.3) is 0 Å². The fraction of sp³-hybridized carbons (Fsp3) is 0.318. The lowest BCUT2D eigenvalue weighted by molar-refractivity contribution is 0.519. The van der Waals surface area contributed by atoms with Crippen molar-refractivity contribution in [3.63, 3.8) is 0 Å². The summed E-state index contributed by atoms with van der Waals surface area (Å²) >= 11 is 0. The summed E-state index contributed by atoms with van der Waals surface area (Å²) in [5.74, 6) is 1.40. The van der Waals surface area contributed by atoms with Gasteiger partial charge in [-0.25, -0.2) is 0 Å². The quantitative estimate of drug-likeness (QED) is 0.422. The van der Waals surface area contributed by atoms with E-state index in [0.29, 0.717) is 12.0 Å². The molecule has 1 aliphatic carbocycles. The summed E-state index contributed by atoms with van der Waals surface area (Å²) in [6.45, 7) is 6.29. The molecule has 0 unspecified atom stereocenters. The maximum absolute atomic E-state index is 4.81. The molecule has 5 rings (SSSR count). The second-order valence-electron chi connectivity index (χ2n) is 7.88. The lowest BCUT2D eigenvalue weighted by atomic mass is 10.1. The Balaban J connectivity index is 0.00000218. The van der Waals surface area contributed by atoms with E-state index < -0.39 is 0 Å². The first-order valence-electron chi connectivity index (χ1n) is 10.1. The number of benzene rings is 1. The maximum Gasteiger partial charge on any atom is 0.231 e. The van der Waals surface area contributed by atoms with Crippen molar-refractivity contribution in [2.45, 2.75) is 45.7 Å². The van der Waals surface area contributed by atoms with Crippen molar-refractivity contribution in [2.75, 3.05) is 10.6 Å². The summed E-state index contributed by atoms with van der Waals surface area (Å²) in [5.41, 5.74) is 5.57. The Bertz CT molecular complexity index is 1180. The Kier molecular flexibility index (Phi) is 5.42. The number of hydrogen-bond donors (Lipinski definition) is 3. The average Bonchev–Trinajstić information content (AvgIpc) is 3.42. The summed E-state index contributed by atoms with van der Waals surface area (Å²) < 4.78 is 1.99. The minimum Gasteiger partial charge on any atom is -0.363 e. The molecule has 0 radical (unpaired) electrons. The minimum absolute atomic E-state index is 0. The van der Waals surface area contributed by atoms with Crippen molar-refractivity contribution in [3.8, 4) is 0 Å². The van der Waals surface area contributed by atoms with Gasteiger partial charge in [0.15, 0.2) is 0 Å². The van der Waals surface area contributed by atoms with Crippen molar-refractivity contribution in [1.82, 2.24) is 24.7 Å². The van der Waals surface area contributed by atoms with Crippen LogP contribution in [0.4, 0.5) is 17.5 Å². The largest absolute Gasteiger partial charge is 0.363 e. The van der Waals surface area contributed by atoms with Crippen LogP contribution in [0.2, 0.25) is 0 Å². The van der Waals surface area contributed by atoms with Gasteiger partial charge < -0.3 is 15.6 Å². The lowest BCUT2D eigenvalue weighted by Crippen LogP contribution is -2.10. The SMILES string of the molecule is Cc1c(Nc2nc(N[C@H]3CCc4ccccc43)c3cc[nH]c3n2)cnn1C(C)C.S. The molecule has 0 fully saturated rings. The second kappa shape index (κ2) is 8.02. The van der Waals surface area contributed by atoms with Gasteiger partial charge in [0.05, 0.1) is 29.0 Å². The van der Waals surface area contributed by atoms with Crippen molar-refractivity contribution in [2.24, 2.45) is 0 Å². The molecule has 4 aromatic rings. The summed E-state index contributed by atoms with van der Waals surface area (Å²) in [7, 11) is 0. The molecule has 156 valence electrons. The van der Waals surface area contributed by atoms with Crippen LogP contribution in [-0.2, 0) is 6.42 Å². The van der Waals surface area contributed by atoms with Gasteiger partial charge in [0.2, 0.25) is 5.95 Å². The molecular formula is C22H27N7S. The molecule has 7 nitrogen and oxygen atoms in total. The summed E-state index contributed by atoms with van der Waals surface area (Å²) in [5, 5.41) is 12.5. The van der Waals surface area contributed by atoms with E-state index in [1.807, 2.05) is 23.1 Å². The van der Waals surface area contributed by atoms with Gasteiger partial charge >= 0.3 is 0 Å². The van der Waals surface area contributed by atoms with Crippen LogP contribution in [0, 0.1) is 6.92 Å². The molecule has 1 aliphatic rings. The zero-order valence-electron chi connectivity index (χ0n) is 17.4. The number of rotatable bonds is 5. The molecule has 0 amide bonds. The number of nitrogens with one attached hydrogen (secondary N) is 3. The summed E-state index contributed by atoms with van der Waals surface area (Å²) in [6, 6.07) is 11.2. The van der Waals surface area contributed by atoms with Crippen molar-refractivity contribution in [1.29, 1.82) is 0 Å². The van der Waals surface area contributed by atoms with Crippen LogP contribution in [-0.4, -0.2) is 24.7 Å². The molecule has 3 aromatic heterocycles. The molecular weight excluding hydrogens is 394 g/mol. The highest BCUT2D eigenvalue weighted by Crippen LogP contribution is 2.35. The van der Waals surface area contributed by atoms with Crippen LogP contribution in [0.3, 0.4) is 0 Å². The molecule has 0 saturated carbocycles. The number of anilines is 3. The standard InChI is InChI=1S/C22H25N7.H2S/c1-13(2)29-14(3)19(12-24-29)26-22-27-20-17(10-11-23-20)21(28-22)25-18-9-8-15-6-4-5-7-16(15)18;/h4-7,10-13,18H,8-9H2,1-3H3,(H3,23,25,26,27,28);1H2/t18-;/m0./s1. The van der Waals surface area contributed by atoms with Crippen molar-refractivity contribution < 1.29 is 0 Å². The van der Waals surface area contributed by atoms with Gasteiger partial charge in [-0.05, 0) is 50.8 Å². The molecule has 3 heterocycles. The molecule has 1 atom stereocenters. The maximum atomic E-state index is 4.81. The van der Waals surface area contributed by atoms with E-state index in [4.69, 9.17) is 4.98 Å². The van der Waals surface area contributed by atoms with E-state index in [1.54, 1.807) is 0 Å². The van der Waals surface area contributed by atoms with Crippen molar-refractivity contribution in [3.05, 3.63) is 59.5 Å². The van der Waals surface area contributed by atoms with Crippen LogP contribution < -0.4 is 10.6 Å². The number of aromatic nitrogens is 5. The second-order valence-corrected chi connectivity index (χ2v) is 7.88. The molecule has 0 spiro atoms. The zero-order valence-corrected chi connectivity index (χ0v) is 18.4. The summed E-state index contributed by atoms with van der Waals surface area (Å²) in [4.78, 5) is 12.7. The van der Waals surface area contributed by atoms with E-state index in [9.17, 15) is 0 Å². The number of hydrogen-bond acceptors (Lipinski definition) is 5. The minimum atomic E-state index is 0. The lowest BCUT2D eigenvalue weighted by Gasteiger charge is -2.16. The third-order valence-corrected chi connectivity index (χ3v) is 5.64. The fourth-order valence-corrected chi connectivity index (χ4v) is 4.17. The van der Waals surface area contributed by atoms with Gasteiger partial charge in [-0.1, -0.05) is 24.3 Å². The van der Waals surface area contributed by atoms with Gasteiger partial charge in [-0.3, -0.25) is 4.68 Å². The van der Waals surface area contributed by atoms with Crippen LogP contribution in [0.5, 0.6) is 0 Å². The summed E-state index contributed by atoms with van der Waals surface area (Å²) in [6.07, 6.45) is 5.89. The van der Waals surface area contributed by atoms with E-state index in [2.05, 4.69) is 70.7 Å². The molecule has 30 heavy (non-hydrogen) atoms. The zero-order chi connectivity index (χ0) is 20.0. The van der Waals surface area contributed by atoms with E-state index in [0.717, 1.165) is 41.1 Å². The topological polar surface area (TPSA) is 83.4 Å². The van der Waals surface area contributed by atoms with Gasteiger partial charge in [-0.2, -0.15) is 28.6 Å². The monoisotopic (exact) mass is 421 g/mol. The first-order chi connectivity index (χ1) is 14.1. The normalized spacial score (nSPS) is 15.3. The smallest absolute Gasteiger partial charge is 0.231 e. The van der Waals surface area contributed by atoms with Crippen LogP contribution in [0.25, 0.3) is 11.0 Å². The van der Waals surface area contributed by atoms with E-state index >= 15 is 0 Å². The highest BCUT2D eigenvalue weighted by atomic mass is 32.1. The Morgan fingerprint density at radius 2 is 2.00 bits per heavy atom. The molecule has 0 aliphatic heterocycles. The van der Waals surface area contributed by atoms with Gasteiger partial charge in [0.1, 0.15) is 11.5 Å². The number of aryl methyl sites for hydroxylation is 1.